The van der Waals surface area contributed by atoms with Crippen molar-refractivity contribution in [1.29, 1.82) is 0 Å². The average Bonchev–Trinajstić information content (AvgIpc) is 3.01. The highest BCUT2D eigenvalue weighted by atomic mass is 32.2. The van der Waals surface area contributed by atoms with Crippen LogP contribution in [-0.4, -0.2) is 24.6 Å². The van der Waals surface area contributed by atoms with E-state index >= 15 is 0 Å². The molecule has 1 aliphatic heterocycles. The third-order valence-corrected chi connectivity index (χ3v) is 5.17. The molecule has 0 amide bonds. The van der Waals surface area contributed by atoms with E-state index in [1.807, 2.05) is 0 Å². The number of aliphatic carboxylic acids is 1. The lowest BCUT2D eigenvalue weighted by Gasteiger charge is -2.15. The molecule has 0 bridgehead atoms. The summed E-state index contributed by atoms with van der Waals surface area (Å²) in [5, 5.41) is 18.6. The van der Waals surface area contributed by atoms with Crippen LogP contribution in [0, 0.1) is 0 Å². The minimum atomic E-state index is -4.03. The summed E-state index contributed by atoms with van der Waals surface area (Å²) in [5.74, 6) is -1.38. The average molecular weight is 349 g/mol. The second-order valence-corrected chi connectivity index (χ2v) is 7.12. The summed E-state index contributed by atoms with van der Waals surface area (Å²) in [5.41, 5.74) is 1.91. The van der Waals surface area contributed by atoms with Crippen molar-refractivity contribution in [2.24, 2.45) is 0 Å². The zero-order valence-corrected chi connectivity index (χ0v) is 13.3. The van der Waals surface area contributed by atoms with E-state index in [9.17, 15) is 23.4 Å². The van der Waals surface area contributed by atoms with Crippen LogP contribution < -0.4 is 4.72 Å². The van der Waals surface area contributed by atoms with Gasteiger partial charge in [-0.1, -0.05) is 18.2 Å². The Kier molecular flexibility index (Phi) is 4.27. The Hall–Kier alpha value is -2.42. The van der Waals surface area contributed by atoms with E-state index in [0.717, 1.165) is 11.1 Å². The lowest BCUT2D eigenvalue weighted by atomic mass is 10.1. The maximum absolute atomic E-state index is 12.5. The number of rotatable bonds is 5. The third kappa shape index (κ3) is 3.25. The Morgan fingerprint density at radius 2 is 1.75 bits per heavy atom. The molecule has 0 spiro atoms. The van der Waals surface area contributed by atoms with E-state index < -0.39 is 22.0 Å². The summed E-state index contributed by atoms with van der Waals surface area (Å²) in [6.45, 7) is 0.771. The first kappa shape index (κ1) is 16.4. The monoisotopic (exact) mass is 349 g/mol. The van der Waals surface area contributed by atoms with E-state index in [0.29, 0.717) is 13.2 Å². The van der Waals surface area contributed by atoms with Gasteiger partial charge in [-0.2, -0.15) is 4.72 Å². The number of fused-ring (bicyclic) bond motifs is 1. The van der Waals surface area contributed by atoms with Crippen LogP contribution in [0.5, 0.6) is 5.75 Å². The SMILES string of the molecule is O=C(O)[C@@H](NS(=O)(=O)c1ccc2c(c1)COC2)c1ccc(O)cc1. The predicted molar refractivity (Wildman–Crippen MR) is 83.7 cm³/mol. The van der Waals surface area contributed by atoms with Crippen LogP contribution in [0.25, 0.3) is 0 Å². The van der Waals surface area contributed by atoms with Crippen molar-refractivity contribution in [2.45, 2.75) is 24.2 Å². The summed E-state index contributed by atoms with van der Waals surface area (Å²) >= 11 is 0. The van der Waals surface area contributed by atoms with Gasteiger partial charge in [0.2, 0.25) is 10.0 Å². The van der Waals surface area contributed by atoms with Crippen molar-refractivity contribution >= 4 is 16.0 Å². The fraction of sp³-hybridized carbons (Fsp3) is 0.188. The van der Waals surface area contributed by atoms with Crippen molar-refractivity contribution in [3.63, 3.8) is 0 Å². The number of benzene rings is 2. The highest BCUT2D eigenvalue weighted by molar-refractivity contribution is 7.89. The molecule has 0 saturated heterocycles. The summed E-state index contributed by atoms with van der Waals surface area (Å²) in [6.07, 6.45) is 0. The van der Waals surface area contributed by atoms with Gasteiger partial charge in [0.1, 0.15) is 11.8 Å². The number of phenols is 1. The maximum Gasteiger partial charge on any atom is 0.326 e. The molecule has 0 aromatic heterocycles. The topological polar surface area (TPSA) is 113 Å². The predicted octanol–water partition coefficient (Wildman–Crippen LogP) is 1.53. The smallest absolute Gasteiger partial charge is 0.326 e. The van der Waals surface area contributed by atoms with Crippen molar-refractivity contribution in [2.75, 3.05) is 0 Å². The second-order valence-electron chi connectivity index (χ2n) is 5.41. The lowest BCUT2D eigenvalue weighted by Crippen LogP contribution is -2.33. The largest absolute Gasteiger partial charge is 0.508 e. The van der Waals surface area contributed by atoms with Crippen LogP contribution in [0.4, 0.5) is 0 Å². The van der Waals surface area contributed by atoms with Crippen LogP contribution in [0.2, 0.25) is 0 Å². The molecular formula is C16H15NO6S. The van der Waals surface area contributed by atoms with Gasteiger partial charge in [0.05, 0.1) is 18.1 Å². The van der Waals surface area contributed by atoms with Gasteiger partial charge >= 0.3 is 5.97 Å². The molecule has 1 heterocycles. The third-order valence-electron chi connectivity index (χ3n) is 3.75. The van der Waals surface area contributed by atoms with Crippen LogP contribution in [0.1, 0.15) is 22.7 Å². The molecule has 1 atom stereocenters. The Balaban J connectivity index is 1.91. The van der Waals surface area contributed by atoms with Crippen LogP contribution >= 0.6 is 0 Å². The molecule has 0 unspecified atom stereocenters. The zero-order valence-electron chi connectivity index (χ0n) is 12.5. The first-order chi connectivity index (χ1) is 11.4. The number of ether oxygens (including phenoxy) is 1. The molecule has 1 aliphatic rings. The Morgan fingerprint density at radius 3 is 2.42 bits per heavy atom. The van der Waals surface area contributed by atoms with Gasteiger partial charge in [-0.3, -0.25) is 4.79 Å². The van der Waals surface area contributed by atoms with Crippen LogP contribution in [0.15, 0.2) is 47.4 Å². The van der Waals surface area contributed by atoms with Crippen molar-refractivity contribution < 1.29 is 28.2 Å². The molecule has 0 saturated carbocycles. The molecule has 126 valence electrons. The molecule has 0 radical (unpaired) electrons. The van der Waals surface area contributed by atoms with Crippen LogP contribution in [0.3, 0.4) is 0 Å². The normalized spacial score (nSPS) is 15.0. The van der Waals surface area contributed by atoms with Gasteiger partial charge in [0.15, 0.2) is 0 Å². The first-order valence-corrected chi connectivity index (χ1v) is 8.59. The first-order valence-electron chi connectivity index (χ1n) is 7.10. The summed E-state index contributed by atoms with van der Waals surface area (Å²) in [4.78, 5) is 11.5. The molecule has 0 aliphatic carbocycles. The van der Waals surface area contributed by atoms with E-state index in [1.165, 1.54) is 36.4 Å². The summed E-state index contributed by atoms with van der Waals surface area (Å²) in [7, 11) is -4.03. The minimum Gasteiger partial charge on any atom is -0.508 e. The Morgan fingerprint density at radius 1 is 1.08 bits per heavy atom. The number of aromatic hydroxyl groups is 1. The molecule has 24 heavy (non-hydrogen) atoms. The number of phenolic OH excluding ortho intramolecular Hbond substituents is 1. The summed E-state index contributed by atoms with van der Waals surface area (Å²) < 4.78 is 32.5. The number of nitrogens with one attached hydrogen (secondary N) is 1. The molecule has 8 heteroatoms. The lowest BCUT2D eigenvalue weighted by molar-refractivity contribution is -0.139. The standard InChI is InChI=1S/C16H15NO6S/c18-13-4-1-10(2-5-13)15(16(19)20)17-24(21,22)14-6-3-11-8-23-9-12(11)7-14/h1-7,15,17-18H,8-9H2,(H,19,20)/t15-/m0/s1. The fourth-order valence-electron chi connectivity index (χ4n) is 2.47. The zero-order chi connectivity index (χ0) is 17.3. The highest BCUT2D eigenvalue weighted by Gasteiger charge is 2.27. The highest BCUT2D eigenvalue weighted by Crippen LogP contribution is 2.25. The van der Waals surface area contributed by atoms with E-state index in [2.05, 4.69) is 4.72 Å². The quantitative estimate of drug-likeness (QED) is 0.754. The number of sulfonamides is 1. The van der Waals surface area contributed by atoms with Gasteiger partial charge in [0, 0.05) is 0 Å². The Labute approximate surface area is 138 Å². The van der Waals surface area contributed by atoms with Gasteiger partial charge in [0.25, 0.3) is 0 Å². The van der Waals surface area contributed by atoms with Gasteiger partial charge in [-0.05, 0) is 41.0 Å². The van der Waals surface area contributed by atoms with E-state index in [-0.39, 0.29) is 16.2 Å². The molecular weight excluding hydrogens is 334 g/mol. The fourth-order valence-corrected chi connectivity index (χ4v) is 3.69. The van der Waals surface area contributed by atoms with E-state index in [4.69, 9.17) is 4.74 Å². The van der Waals surface area contributed by atoms with Crippen LogP contribution in [-0.2, 0) is 32.8 Å². The van der Waals surface area contributed by atoms with Gasteiger partial charge in [-0.25, -0.2) is 8.42 Å². The van der Waals surface area contributed by atoms with Crippen molar-refractivity contribution in [3.8, 4) is 5.75 Å². The number of carbonyl (C=O) groups is 1. The molecule has 3 N–H and O–H groups in total. The van der Waals surface area contributed by atoms with Gasteiger partial charge in [-0.15, -0.1) is 0 Å². The maximum atomic E-state index is 12.5. The van der Waals surface area contributed by atoms with Crippen molar-refractivity contribution in [1.82, 2.24) is 4.72 Å². The molecule has 2 aromatic carbocycles. The molecule has 2 aromatic rings. The molecule has 0 fully saturated rings. The summed E-state index contributed by atoms with van der Waals surface area (Å²) in [6, 6.07) is 8.41. The Bertz CT molecular complexity index is 876. The van der Waals surface area contributed by atoms with E-state index in [1.54, 1.807) is 6.07 Å². The number of carboxylic acid groups (broad SMARTS) is 1. The molecule has 3 rings (SSSR count). The second kappa shape index (κ2) is 6.23. The number of carboxylic acids is 1. The number of hydrogen-bond donors (Lipinski definition) is 3. The van der Waals surface area contributed by atoms with Gasteiger partial charge < -0.3 is 14.9 Å². The number of hydrogen-bond acceptors (Lipinski definition) is 5. The minimum absolute atomic E-state index is 0.0169. The van der Waals surface area contributed by atoms with Crippen molar-refractivity contribution in [3.05, 3.63) is 59.2 Å². The molecule has 7 nitrogen and oxygen atoms in total.